The van der Waals surface area contributed by atoms with Crippen molar-refractivity contribution in [3.63, 3.8) is 0 Å². The molecule has 0 fully saturated rings. The summed E-state index contributed by atoms with van der Waals surface area (Å²) in [5.41, 5.74) is 1.79. The van der Waals surface area contributed by atoms with E-state index in [-0.39, 0.29) is 17.6 Å². The van der Waals surface area contributed by atoms with E-state index in [1.165, 1.54) is 0 Å². The van der Waals surface area contributed by atoms with E-state index in [1.54, 1.807) is 6.92 Å². The molecule has 1 amide bonds. The predicted octanol–water partition coefficient (Wildman–Crippen LogP) is 5.00. The van der Waals surface area contributed by atoms with Crippen molar-refractivity contribution in [2.75, 3.05) is 0 Å². The molecule has 0 saturated heterocycles. The molecular formula is C23H29NO3. The number of hydrogen-bond donors (Lipinski definition) is 1. The maximum Gasteiger partial charge on any atom is 0.261 e. The van der Waals surface area contributed by atoms with E-state index in [2.05, 4.69) is 19.2 Å². The van der Waals surface area contributed by atoms with Crippen LogP contribution < -0.4 is 14.8 Å². The topological polar surface area (TPSA) is 47.6 Å². The van der Waals surface area contributed by atoms with Gasteiger partial charge in [0.2, 0.25) is 0 Å². The first-order valence-corrected chi connectivity index (χ1v) is 9.61. The maximum atomic E-state index is 12.8. The van der Waals surface area contributed by atoms with E-state index >= 15 is 0 Å². The second-order valence-corrected chi connectivity index (χ2v) is 8.12. The van der Waals surface area contributed by atoms with Gasteiger partial charge in [-0.25, -0.2) is 0 Å². The average Bonchev–Trinajstić information content (AvgIpc) is 2.61. The highest BCUT2D eigenvalue weighted by Crippen LogP contribution is 2.39. The van der Waals surface area contributed by atoms with Gasteiger partial charge in [0.15, 0.2) is 6.10 Å². The molecule has 0 saturated carbocycles. The number of carbonyl (C=O) groups is 1. The number of hydrogen-bond acceptors (Lipinski definition) is 3. The van der Waals surface area contributed by atoms with Crippen LogP contribution >= 0.6 is 0 Å². The van der Waals surface area contributed by atoms with Gasteiger partial charge in [0, 0.05) is 12.0 Å². The van der Waals surface area contributed by atoms with Crippen LogP contribution in [0.4, 0.5) is 0 Å². The molecule has 4 heteroatoms. The zero-order chi connectivity index (χ0) is 19.6. The minimum atomic E-state index is -0.581. The molecule has 2 unspecified atom stereocenters. The zero-order valence-corrected chi connectivity index (χ0v) is 16.8. The van der Waals surface area contributed by atoms with Gasteiger partial charge >= 0.3 is 0 Å². The molecule has 0 bridgehead atoms. The van der Waals surface area contributed by atoms with Crippen molar-refractivity contribution in [1.82, 2.24) is 5.32 Å². The van der Waals surface area contributed by atoms with E-state index in [0.29, 0.717) is 12.3 Å². The van der Waals surface area contributed by atoms with Gasteiger partial charge in [-0.15, -0.1) is 0 Å². The first-order valence-electron chi connectivity index (χ1n) is 9.61. The van der Waals surface area contributed by atoms with Crippen molar-refractivity contribution in [3.8, 4) is 11.5 Å². The lowest BCUT2D eigenvalue weighted by atomic mass is 9.89. The SMILES string of the molecule is CC(Oc1ccccc1C(C)C)C(=O)NC1CC(C)(C)Oc2ccccc21. The van der Waals surface area contributed by atoms with Crippen molar-refractivity contribution in [2.24, 2.45) is 0 Å². The van der Waals surface area contributed by atoms with Gasteiger partial charge in [-0.1, -0.05) is 50.2 Å². The van der Waals surface area contributed by atoms with Crippen LogP contribution in [0.3, 0.4) is 0 Å². The molecule has 1 N–H and O–H groups in total. The number of ether oxygens (including phenoxy) is 2. The summed E-state index contributed by atoms with van der Waals surface area (Å²) in [6.45, 7) is 10.1. The number of nitrogens with one attached hydrogen (secondary N) is 1. The molecule has 1 aliphatic rings. The van der Waals surface area contributed by atoms with E-state index in [4.69, 9.17) is 9.47 Å². The number of para-hydroxylation sites is 2. The Morgan fingerprint density at radius 1 is 1.11 bits per heavy atom. The fourth-order valence-corrected chi connectivity index (χ4v) is 3.53. The van der Waals surface area contributed by atoms with Crippen LogP contribution in [0.15, 0.2) is 48.5 Å². The lowest BCUT2D eigenvalue weighted by Crippen LogP contribution is -2.44. The number of amides is 1. The molecule has 1 heterocycles. The average molecular weight is 367 g/mol. The Morgan fingerprint density at radius 2 is 1.78 bits per heavy atom. The molecule has 0 aromatic heterocycles. The van der Waals surface area contributed by atoms with Gasteiger partial charge in [-0.2, -0.15) is 0 Å². The summed E-state index contributed by atoms with van der Waals surface area (Å²) in [5.74, 6) is 1.81. The summed E-state index contributed by atoms with van der Waals surface area (Å²) < 4.78 is 12.1. The summed E-state index contributed by atoms with van der Waals surface area (Å²) in [5, 5.41) is 3.16. The molecule has 1 aliphatic heterocycles. The van der Waals surface area contributed by atoms with Crippen LogP contribution in [0.5, 0.6) is 11.5 Å². The number of benzene rings is 2. The molecule has 144 valence electrons. The maximum absolute atomic E-state index is 12.8. The summed E-state index contributed by atoms with van der Waals surface area (Å²) in [7, 11) is 0. The fraction of sp³-hybridized carbons (Fsp3) is 0.435. The van der Waals surface area contributed by atoms with Crippen LogP contribution in [0.25, 0.3) is 0 Å². The molecular weight excluding hydrogens is 338 g/mol. The molecule has 3 rings (SSSR count). The van der Waals surface area contributed by atoms with Gasteiger partial charge in [0.1, 0.15) is 17.1 Å². The van der Waals surface area contributed by atoms with Crippen LogP contribution in [0.2, 0.25) is 0 Å². The molecule has 27 heavy (non-hydrogen) atoms. The molecule has 0 radical (unpaired) electrons. The summed E-state index contributed by atoms with van der Waals surface area (Å²) in [6.07, 6.45) is 0.133. The highest BCUT2D eigenvalue weighted by molar-refractivity contribution is 5.81. The van der Waals surface area contributed by atoms with Gasteiger partial charge in [-0.05, 0) is 44.4 Å². The normalized spacial score (nSPS) is 19.0. The Morgan fingerprint density at radius 3 is 2.52 bits per heavy atom. The smallest absolute Gasteiger partial charge is 0.261 e. The summed E-state index contributed by atoms with van der Waals surface area (Å²) >= 11 is 0. The molecule has 2 atom stereocenters. The van der Waals surface area contributed by atoms with Crippen LogP contribution in [-0.4, -0.2) is 17.6 Å². The van der Waals surface area contributed by atoms with Crippen LogP contribution in [0, 0.1) is 0 Å². The quantitative estimate of drug-likeness (QED) is 0.809. The number of fused-ring (bicyclic) bond motifs is 1. The van der Waals surface area contributed by atoms with Gasteiger partial charge < -0.3 is 14.8 Å². The Balaban J connectivity index is 1.74. The third kappa shape index (κ3) is 4.44. The second kappa shape index (κ2) is 7.63. The molecule has 0 spiro atoms. The summed E-state index contributed by atoms with van der Waals surface area (Å²) in [4.78, 5) is 12.8. The van der Waals surface area contributed by atoms with E-state index < -0.39 is 6.10 Å². The van der Waals surface area contributed by atoms with Gasteiger partial charge in [0.05, 0.1) is 6.04 Å². The van der Waals surface area contributed by atoms with Crippen molar-refractivity contribution in [3.05, 3.63) is 59.7 Å². The number of carbonyl (C=O) groups excluding carboxylic acids is 1. The molecule has 2 aromatic rings. The highest BCUT2D eigenvalue weighted by atomic mass is 16.5. The van der Waals surface area contributed by atoms with Crippen molar-refractivity contribution in [2.45, 2.75) is 64.7 Å². The van der Waals surface area contributed by atoms with Gasteiger partial charge in [0.25, 0.3) is 5.91 Å². The van der Waals surface area contributed by atoms with Crippen LogP contribution in [0.1, 0.15) is 64.1 Å². The van der Waals surface area contributed by atoms with Crippen molar-refractivity contribution >= 4 is 5.91 Å². The minimum absolute atomic E-state index is 0.0937. The first-order chi connectivity index (χ1) is 12.8. The van der Waals surface area contributed by atoms with Crippen molar-refractivity contribution < 1.29 is 14.3 Å². The fourth-order valence-electron chi connectivity index (χ4n) is 3.53. The summed E-state index contributed by atoms with van der Waals surface area (Å²) in [6, 6.07) is 15.7. The predicted molar refractivity (Wildman–Crippen MR) is 107 cm³/mol. The van der Waals surface area contributed by atoms with Crippen molar-refractivity contribution in [1.29, 1.82) is 0 Å². The largest absolute Gasteiger partial charge is 0.487 e. The molecule has 0 aliphatic carbocycles. The highest BCUT2D eigenvalue weighted by Gasteiger charge is 2.35. The number of rotatable bonds is 5. The molecule has 4 nitrogen and oxygen atoms in total. The second-order valence-electron chi connectivity index (χ2n) is 8.12. The zero-order valence-electron chi connectivity index (χ0n) is 16.8. The third-order valence-corrected chi connectivity index (χ3v) is 4.91. The Kier molecular flexibility index (Phi) is 5.45. The lowest BCUT2D eigenvalue weighted by molar-refractivity contribution is -0.128. The lowest BCUT2D eigenvalue weighted by Gasteiger charge is -2.38. The van der Waals surface area contributed by atoms with Crippen LogP contribution in [-0.2, 0) is 4.79 Å². The Labute approximate surface area is 161 Å². The third-order valence-electron chi connectivity index (χ3n) is 4.91. The minimum Gasteiger partial charge on any atom is -0.487 e. The molecule has 2 aromatic carbocycles. The van der Waals surface area contributed by atoms with E-state index in [0.717, 1.165) is 22.6 Å². The Bertz CT molecular complexity index is 813. The van der Waals surface area contributed by atoms with E-state index in [1.807, 2.05) is 62.4 Å². The monoisotopic (exact) mass is 367 g/mol. The first kappa shape index (κ1) is 19.3. The Hall–Kier alpha value is -2.49. The standard InChI is InChI=1S/C23H29NO3/c1-15(2)17-10-6-8-12-20(17)26-16(3)22(25)24-19-14-23(4,5)27-21-13-9-7-11-18(19)21/h6-13,15-16,19H,14H2,1-5H3,(H,24,25). The van der Waals surface area contributed by atoms with E-state index in [9.17, 15) is 4.79 Å². The van der Waals surface area contributed by atoms with Gasteiger partial charge in [-0.3, -0.25) is 4.79 Å².